The zero-order valence-corrected chi connectivity index (χ0v) is 15.4. The summed E-state index contributed by atoms with van der Waals surface area (Å²) in [6.45, 7) is 6.44. The van der Waals surface area contributed by atoms with Crippen LogP contribution in [0, 0.1) is 0 Å². The first-order valence-corrected chi connectivity index (χ1v) is 9.22. The Bertz CT molecular complexity index is 856. The average Bonchev–Trinajstić information content (AvgIpc) is 3.28. The van der Waals surface area contributed by atoms with E-state index in [2.05, 4.69) is 37.9 Å². The van der Waals surface area contributed by atoms with Gasteiger partial charge in [-0.3, -0.25) is 4.90 Å². The highest BCUT2D eigenvalue weighted by molar-refractivity contribution is 5.53. The lowest BCUT2D eigenvalue weighted by atomic mass is 10.1. The monoisotopic (exact) mass is 354 g/mol. The molecule has 0 amide bonds. The number of ether oxygens (including phenoxy) is 1. The summed E-state index contributed by atoms with van der Waals surface area (Å²) in [6.07, 6.45) is 7.84. The van der Waals surface area contributed by atoms with E-state index in [1.807, 2.05) is 48.5 Å². The lowest BCUT2D eigenvalue weighted by Crippen LogP contribution is -2.49. The number of likely N-dealkylation sites (N-methyl/N-ethyl adjacent to an activating group) is 1. The van der Waals surface area contributed by atoms with Crippen molar-refractivity contribution in [2.75, 3.05) is 26.2 Å². The van der Waals surface area contributed by atoms with Gasteiger partial charge in [0.15, 0.2) is 0 Å². The smallest absolute Gasteiger partial charge is 0.128 e. The largest absolute Gasteiger partial charge is 0.373 e. The molecule has 1 aliphatic rings. The second kappa shape index (κ2) is 7.57. The third-order valence-corrected chi connectivity index (χ3v) is 5.15. The summed E-state index contributed by atoms with van der Waals surface area (Å²) in [5, 5.41) is 7.96. The molecule has 0 bridgehead atoms. The van der Waals surface area contributed by atoms with Crippen LogP contribution in [-0.4, -0.2) is 56.4 Å². The van der Waals surface area contributed by atoms with Gasteiger partial charge >= 0.3 is 0 Å². The van der Waals surface area contributed by atoms with E-state index in [1.54, 1.807) is 0 Å². The molecule has 0 saturated carbocycles. The van der Waals surface area contributed by atoms with E-state index in [0.29, 0.717) is 0 Å². The molecule has 1 fully saturated rings. The maximum atomic E-state index is 6.13. The van der Waals surface area contributed by atoms with E-state index >= 15 is 0 Å². The zero-order valence-electron chi connectivity index (χ0n) is 15.4. The second-order valence-electron chi connectivity index (χ2n) is 6.71. The van der Waals surface area contributed by atoms with E-state index in [9.17, 15) is 0 Å². The summed E-state index contributed by atoms with van der Waals surface area (Å²) in [4.78, 5) is 7.04. The molecule has 0 aromatic carbocycles. The Morgan fingerprint density at radius 3 is 3.04 bits per heavy atom. The molecule has 0 unspecified atom stereocenters. The Labute approximate surface area is 153 Å². The Hall–Kier alpha value is -2.22. The van der Waals surface area contributed by atoms with Crippen LogP contribution in [0.25, 0.3) is 5.52 Å². The number of imidazole rings is 1. The molecule has 1 aliphatic heterocycles. The number of hydrogen-bond donors (Lipinski definition) is 1. The SMILES string of the molecule is CCN1CCO[C@@H](CNCc2cnn3ccccc23)[C@@H]1c1nccn1C. The molecule has 7 heteroatoms. The molecule has 0 radical (unpaired) electrons. The minimum absolute atomic E-state index is 0.0756. The highest BCUT2D eigenvalue weighted by Crippen LogP contribution is 2.27. The van der Waals surface area contributed by atoms with Gasteiger partial charge in [-0.05, 0) is 18.7 Å². The van der Waals surface area contributed by atoms with E-state index in [0.717, 1.165) is 44.1 Å². The molecule has 4 heterocycles. The quantitative estimate of drug-likeness (QED) is 0.729. The summed E-state index contributed by atoms with van der Waals surface area (Å²) in [7, 11) is 2.05. The molecule has 1 saturated heterocycles. The fourth-order valence-corrected chi connectivity index (χ4v) is 3.78. The van der Waals surface area contributed by atoms with Crippen molar-refractivity contribution in [3.8, 4) is 0 Å². The average molecular weight is 354 g/mol. The maximum absolute atomic E-state index is 6.13. The van der Waals surface area contributed by atoms with E-state index < -0.39 is 0 Å². The number of nitrogens with one attached hydrogen (secondary N) is 1. The molecule has 138 valence electrons. The van der Waals surface area contributed by atoms with Crippen molar-refractivity contribution in [3.05, 3.63) is 54.4 Å². The van der Waals surface area contributed by atoms with Crippen LogP contribution < -0.4 is 5.32 Å². The number of aromatic nitrogens is 4. The maximum Gasteiger partial charge on any atom is 0.128 e. The summed E-state index contributed by atoms with van der Waals surface area (Å²) in [5.74, 6) is 1.06. The molecule has 2 atom stereocenters. The van der Waals surface area contributed by atoms with Crippen LogP contribution in [-0.2, 0) is 18.3 Å². The second-order valence-corrected chi connectivity index (χ2v) is 6.71. The standard InChI is InChI=1S/C19H26N6O/c1-3-24-10-11-26-17(18(24)19-21-7-9-23(19)2)14-20-12-15-13-22-25-8-5-4-6-16(15)25/h4-9,13,17-18,20H,3,10-12,14H2,1-2H3/t17-,18+/m0/s1. The molecule has 4 rings (SSSR count). The van der Waals surface area contributed by atoms with Crippen molar-refractivity contribution in [1.29, 1.82) is 0 Å². The summed E-state index contributed by atoms with van der Waals surface area (Å²) < 4.78 is 10.1. The molecule has 0 spiro atoms. The van der Waals surface area contributed by atoms with Crippen molar-refractivity contribution in [2.45, 2.75) is 25.6 Å². The summed E-state index contributed by atoms with van der Waals surface area (Å²) in [6, 6.07) is 6.30. The Morgan fingerprint density at radius 2 is 2.23 bits per heavy atom. The number of pyridine rings is 1. The van der Waals surface area contributed by atoms with E-state index in [-0.39, 0.29) is 12.1 Å². The highest BCUT2D eigenvalue weighted by atomic mass is 16.5. The molecular weight excluding hydrogens is 328 g/mol. The number of hydrogen-bond acceptors (Lipinski definition) is 5. The molecule has 3 aromatic rings. The predicted molar refractivity (Wildman–Crippen MR) is 99.8 cm³/mol. The van der Waals surface area contributed by atoms with Crippen LogP contribution in [0.4, 0.5) is 0 Å². The van der Waals surface area contributed by atoms with Crippen molar-refractivity contribution in [2.24, 2.45) is 7.05 Å². The van der Waals surface area contributed by atoms with E-state index in [4.69, 9.17) is 4.74 Å². The first kappa shape index (κ1) is 17.2. The Balaban J connectivity index is 1.46. The van der Waals surface area contributed by atoms with Gasteiger partial charge in [-0.15, -0.1) is 0 Å². The van der Waals surface area contributed by atoms with Gasteiger partial charge in [0.2, 0.25) is 0 Å². The summed E-state index contributed by atoms with van der Waals surface area (Å²) in [5.41, 5.74) is 2.34. The van der Waals surface area contributed by atoms with Gasteiger partial charge in [0.25, 0.3) is 0 Å². The zero-order chi connectivity index (χ0) is 17.9. The van der Waals surface area contributed by atoms with Gasteiger partial charge in [-0.25, -0.2) is 9.50 Å². The fourth-order valence-electron chi connectivity index (χ4n) is 3.78. The molecular formula is C19H26N6O. The number of aryl methyl sites for hydroxylation is 1. The van der Waals surface area contributed by atoms with Gasteiger partial charge in [0, 0.05) is 50.8 Å². The first-order chi connectivity index (χ1) is 12.8. The van der Waals surface area contributed by atoms with Crippen LogP contribution in [0.1, 0.15) is 24.4 Å². The lowest BCUT2D eigenvalue weighted by molar-refractivity contribution is -0.0729. The molecule has 26 heavy (non-hydrogen) atoms. The fraction of sp³-hybridized carbons (Fsp3) is 0.474. The minimum Gasteiger partial charge on any atom is -0.373 e. The number of nitrogens with zero attached hydrogens (tertiary/aromatic N) is 5. The lowest BCUT2D eigenvalue weighted by Gasteiger charge is -2.40. The van der Waals surface area contributed by atoms with Gasteiger partial charge < -0.3 is 14.6 Å². The van der Waals surface area contributed by atoms with Crippen LogP contribution in [0.15, 0.2) is 43.0 Å². The van der Waals surface area contributed by atoms with Gasteiger partial charge in [0.05, 0.1) is 30.5 Å². The predicted octanol–water partition coefficient (Wildman–Crippen LogP) is 1.62. The molecule has 7 nitrogen and oxygen atoms in total. The minimum atomic E-state index is 0.0756. The highest BCUT2D eigenvalue weighted by Gasteiger charge is 2.35. The first-order valence-electron chi connectivity index (χ1n) is 9.22. The molecule has 1 N–H and O–H groups in total. The van der Waals surface area contributed by atoms with Gasteiger partial charge in [0.1, 0.15) is 5.82 Å². The molecule has 0 aliphatic carbocycles. The van der Waals surface area contributed by atoms with Gasteiger partial charge in [-0.1, -0.05) is 13.0 Å². The Morgan fingerprint density at radius 1 is 1.31 bits per heavy atom. The normalized spacial score (nSPS) is 21.5. The van der Waals surface area contributed by atoms with Crippen LogP contribution in [0.3, 0.4) is 0 Å². The van der Waals surface area contributed by atoms with Crippen molar-refractivity contribution in [3.63, 3.8) is 0 Å². The summed E-state index contributed by atoms with van der Waals surface area (Å²) >= 11 is 0. The third-order valence-electron chi connectivity index (χ3n) is 5.15. The third kappa shape index (κ3) is 3.25. The number of fused-ring (bicyclic) bond motifs is 1. The van der Waals surface area contributed by atoms with Crippen molar-refractivity contribution in [1.82, 2.24) is 29.4 Å². The van der Waals surface area contributed by atoms with Crippen LogP contribution >= 0.6 is 0 Å². The topological polar surface area (TPSA) is 59.6 Å². The van der Waals surface area contributed by atoms with E-state index in [1.165, 1.54) is 5.56 Å². The number of morpholine rings is 1. The van der Waals surface area contributed by atoms with Crippen molar-refractivity contribution >= 4 is 5.52 Å². The van der Waals surface area contributed by atoms with Crippen molar-refractivity contribution < 1.29 is 4.74 Å². The van der Waals surface area contributed by atoms with Crippen LogP contribution in [0.5, 0.6) is 0 Å². The molecule has 3 aromatic heterocycles. The van der Waals surface area contributed by atoms with Gasteiger partial charge in [-0.2, -0.15) is 5.10 Å². The van der Waals surface area contributed by atoms with Crippen LogP contribution in [0.2, 0.25) is 0 Å². The Kier molecular flexibility index (Phi) is 5.01. The number of rotatable bonds is 6.